The Labute approximate surface area is 129 Å². The minimum atomic E-state index is 0.333. The van der Waals surface area contributed by atoms with Crippen molar-refractivity contribution in [3.8, 4) is 0 Å². The van der Waals surface area contributed by atoms with E-state index in [4.69, 9.17) is 0 Å². The van der Waals surface area contributed by atoms with Crippen molar-refractivity contribution in [2.75, 3.05) is 20.1 Å². The number of nitrogens with zero attached hydrogens (tertiary/aromatic N) is 1. The molecule has 0 spiro atoms. The monoisotopic (exact) mass is 287 g/mol. The Morgan fingerprint density at radius 2 is 1.95 bits per heavy atom. The summed E-state index contributed by atoms with van der Waals surface area (Å²) in [5.74, 6) is 2.98. The summed E-state index contributed by atoms with van der Waals surface area (Å²) in [4.78, 5) is 14.4. The highest BCUT2D eigenvalue weighted by Gasteiger charge is 2.57. The average molecular weight is 287 g/mol. The molecule has 0 bridgehead atoms. The molecule has 5 atom stereocenters. The summed E-state index contributed by atoms with van der Waals surface area (Å²) < 4.78 is 0. The lowest BCUT2D eigenvalue weighted by Gasteiger charge is -2.57. The second-order valence-corrected chi connectivity index (χ2v) is 8.86. The average Bonchev–Trinajstić information content (AvgIpc) is 2.74. The highest BCUT2D eigenvalue weighted by Crippen LogP contribution is 2.62. The Bertz CT molecular complexity index is 510. The lowest BCUT2D eigenvalue weighted by molar-refractivity contribution is -0.117. The van der Waals surface area contributed by atoms with Gasteiger partial charge in [0, 0.05) is 19.5 Å². The lowest BCUT2D eigenvalue weighted by atomic mass is 9.47. The third-order valence-corrected chi connectivity index (χ3v) is 7.62. The van der Waals surface area contributed by atoms with E-state index in [1.807, 2.05) is 6.08 Å². The van der Waals surface area contributed by atoms with Gasteiger partial charge in [-0.3, -0.25) is 4.79 Å². The van der Waals surface area contributed by atoms with Crippen LogP contribution in [0, 0.1) is 28.6 Å². The van der Waals surface area contributed by atoms with Crippen LogP contribution in [0.5, 0.6) is 0 Å². The van der Waals surface area contributed by atoms with Crippen LogP contribution in [0.25, 0.3) is 0 Å². The van der Waals surface area contributed by atoms with Gasteiger partial charge in [-0.2, -0.15) is 0 Å². The summed E-state index contributed by atoms with van der Waals surface area (Å²) in [6, 6.07) is 0. The van der Waals surface area contributed by atoms with E-state index in [2.05, 4.69) is 25.8 Å². The van der Waals surface area contributed by atoms with E-state index in [0.29, 0.717) is 16.6 Å². The molecule has 4 rings (SSSR count). The zero-order valence-electron chi connectivity index (χ0n) is 13.8. The molecule has 2 saturated carbocycles. The van der Waals surface area contributed by atoms with E-state index >= 15 is 0 Å². The number of allylic oxidation sites excluding steroid dienone is 2. The molecule has 0 unspecified atom stereocenters. The minimum Gasteiger partial charge on any atom is -0.306 e. The third-order valence-electron chi connectivity index (χ3n) is 7.62. The van der Waals surface area contributed by atoms with Gasteiger partial charge in [-0.15, -0.1) is 0 Å². The van der Waals surface area contributed by atoms with E-state index in [1.54, 1.807) is 0 Å². The standard InChI is InChI=1S/C19H29NO/c1-18-8-7-16-15(17(18)11-20(3)12-18)5-4-13-10-14(21)6-9-19(13,16)2/h10,15-17H,4-9,11-12H2,1-3H3/t15-,16-,17+,18-,19+/m1/s1. The molecule has 2 heteroatoms. The van der Waals surface area contributed by atoms with Crippen molar-refractivity contribution in [3.63, 3.8) is 0 Å². The Kier molecular flexibility index (Phi) is 2.96. The van der Waals surface area contributed by atoms with Crippen LogP contribution in [0.2, 0.25) is 0 Å². The van der Waals surface area contributed by atoms with Crippen LogP contribution in [-0.2, 0) is 4.79 Å². The summed E-state index contributed by atoms with van der Waals surface area (Å²) in [6.45, 7) is 7.60. The maximum Gasteiger partial charge on any atom is 0.155 e. The first-order valence-corrected chi connectivity index (χ1v) is 8.85. The molecule has 116 valence electrons. The van der Waals surface area contributed by atoms with Crippen molar-refractivity contribution in [1.29, 1.82) is 0 Å². The smallest absolute Gasteiger partial charge is 0.155 e. The first kappa shape index (κ1) is 14.0. The van der Waals surface area contributed by atoms with Gasteiger partial charge in [0.1, 0.15) is 0 Å². The second kappa shape index (κ2) is 4.44. The Hall–Kier alpha value is -0.630. The van der Waals surface area contributed by atoms with Crippen molar-refractivity contribution in [2.45, 2.75) is 52.4 Å². The summed E-state index contributed by atoms with van der Waals surface area (Å²) >= 11 is 0. The normalized spacial score (nSPS) is 50.1. The molecule has 3 aliphatic carbocycles. The first-order chi connectivity index (χ1) is 9.92. The number of carbonyl (C=O) groups is 1. The molecule has 0 aromatic carbocycles. The van der Waals surface area contributed by atoms with Crippen molar-refractivity contribution in [2.24, 2.45) is 28.6 Å². The maximum atomic E-state index is 11.8. The second-order valence-electron chi connectivity index (χ2n) is 8.86. The number of hydrogen-bond donors (Lipinski definition) is 0. The van der Waals surface area contributed by atoms with Crippen LogP contribution in [0.4, 0.5) is 0 Å². The Balaban J connectivity index is 1.68. The third kappa shape index (κ3) is 1.91. The summed E-state index contributed by atoms with van der Waals surface area (Å²) in [5.41, 5.74) is 2.38. The quantitative estimate of drug-likeness (QED) is 0.677. The number of fused-ring (bicyclic) bond motifs is 5. The molecule has 0 N–H and O–H groups in total. The Morgan fingerprint density at radius 3 is 2.76 bits per heavy atom. The molecule has 1 aliphatic heterocycles. The van der Waals surface area contributed by atoms with Gasteiger partial charge in [-0.05, 0) is 73.8 Å². The predicted molar refractivity (Wildman–Crippen MR) is 85.0 cm³/mol. The van der Waals surface area contributed by atoms with Crippen LogP contribution in [-0.4, -0.2) is 30.8 Å². The summed E-state index contributed by atoms with van der Waals surface area (Å²) in [7, 11) is 2.30. The molecule has 0 radical (unpaired) electrons. The van der Waals surface area contributed by atoms with E-state index in [9.17, 15) is 4.79 Å². The van der Waals surface area contributed by atoms with Gasteiger partial charge in [0.05, 0.1) is 0 Å². The molecular formula is C19H29NO. The van der Waals surface area contributed by atoms with Crippen LogP contribution in [0.1, 0.15) is 52.4 Å². The van der Waals surface area contributed by atoms with Gasteiger partial charge in [0.25, 0.3) is 0 Å². The minimum absolute atomic E-state index is 0.333. The molecule has 0 amide bonds. The van der Waals surface area contributed by atoms with Crippen LogP contribution >= 0.6 is 0 Å². The topological polar surface area (TPSA) is 20.3 Å². The van der Waals surface area contributed by atoms with Gasteiger partial charge in [0.2, 0.25) is 0 Å². The van der Waals surface area contributed by atoms with E-state index in [0.717, 1.165) is 30.6 Å². The first-order valence-electron chi connectivity index (χ1n) is 8.85. The molecule has 0 aromatic rings. The zero-order valence-corrected chi connectivity index (χ0v) is 13.8. The molecule has 3 fully saturated rings. The number of likely N-dealkylation sites (tertiary alicyclic amines) is 1. The van der Waals surface area contributed by atoms with Crippen LogP contribution in [0.3, 0.4) is 0 Å². The van der Waals surface area contributed by atoms with Crippen LogP contribution < -0.4 is 0 Å². The van der Waals surface area contributed by atoms with Crippen molar-refractivity contribution < 1.29 is 4.79 Å². The van der Waals surface area contributed by atoms with E-state index in [-0.39, 0.29) is 0 Å². The van der Waals surface area contributed by atoms with Crippen LogP contribution in [0.15, 0.2) is 11.6 Å². The number of hydrogen-bond acceptors (Lipinski definition) is 2. The van der Waals surface area contributed by atoms with Gasteiger partial charge in [-0.25, -0.2) is 0 Å². The molecule has 0 aromatic heterocycles. The van der Waals surface area contributed by atoms with Gasteiger partial charge < -0.3 is 4.90 Å². The molecule has 2 nitrogen and oxygen atoms in total. The molecule has 21 heavy (non-hydrogen) atoms. The number of rotatable bonds is 0. The lowest BCUT2D eigenvalue weighted by Crippen LogP contribution is -2.50. The predicted octanol–water partition coefficient (Wildman–Crippen LogP) is 3.67. The van der Waals surface area contributed by atoms with Gasteiger partial charge >= 0.3 is 0 Å². The van der Waals surface area contributed by atoms with E-state index in [1.165, 1.54) is 44.3 Å². The highest BCUT2D eigenvalue weighted by atomic mass is 16.1. The number of ketones is 1. The fraction of sp³-hybridized carbons (Fsp3) is 0.842. The fourth-order valence-corrected chi connectivity index (χ4v) is 6.52. The molecule has 1 saturated heterocycles. The maximum absolute atomic E-state index is 11.8. The highest BCUT2D eigenvalue weighted by molar-refractivity contribution is 5.91. The molecule has 1 heterocycles. The zero-order chi connectivity index (χ0) is 14.8. The molecule has 4 aliphatic rings. The Morgan fingerprint density at radius 1 is 1.14 bits per heavy atom. The summed E-state index contributed by atoms with van der Waals surface area (Å²) in [6.07, 6.45) is 9.19. The van der Waals surface area contributed by atoms with Crippen molar-refractivity contribution in [1.82, 2.24) is 4.90 Å². The largest absolute Gasteiger partial charge is 0.306 e. The fourth-order valence-electron chi connectivity index (χ4n) is 6.52. The van der Waals surface area contributed by atoms with Crippen molar-refractivity contribution >= 4 is 5.78 Å². The summed E-state index contributed by atoms with van der Waals surface area (Å²) in [5, 5.41) is 0. The molecular weight excluding hydrogens is 258 g/mol. The van der Waals surface area contributed by atoms with E-state index < -0.39 is 0 Å². The van der Waals surface area contributed by atoms with Crippen molar-refractivity contribution in [3.05, 3.63) is 11.6 Å². The SMILES string of the molecule is CN1C[C@H]2[C@@H]3CCC4=CC(=O)CC[C@]4(C)[C@@H]3CC[C@]2(C)C1. The van der Waals surface area contributed by atoms with Gasteiger partial charge in [-0.1, -0.05) is 19.4 Å². The number of carbonyl (C=O) groups excluding carboxylic acids is 1. The van der Waals surface area contributed by atoms with Gasteiger partial charge in [0.15, 0.2) is 5.78 Å².